The fourth-order valence-electron chi connectivity index (χ4n) is 1.39. The van der Waals surface area contributed by atoms with E-state index in [1.165, 1.54) is 6.20 Å². The number of carbonyl (C=O) groups excluding carboxylic acids is 1. The largest absolute Gasteiger partial charge is 0.481 e. The van der Waals surface area contributed by atoms with Crippen molar-refractivity contribution >= 4 is 11.9 Å². The number of rotatable bonds is 10. The second-order valence-corrected chi connectivity index (χ2v) is 4.93. The summed E-state index contributed by atoms with van der Waals surface area (Å²) in [5.41, 5.74) is 0.0520. The van der Waals surface area contributed by atoms with Crippen LogP contribution < -0.4 is 10.6 Å². The number of carboxylic acid groups (broad SMARTS) is 1. The summed E-state index contributed by atoms with van der Waals surface area (Å²) in [6.45, 7) is 5.10. The van der Waals surface area contributed by atoms with Crippen molar-refractivity contribution in [3.8, 4) is 6.07 Å². The van der Waals surface area contributed by atoms with E-state index in [-0.39, 0.29) is 17.9 Å². The Morgan fingerprint density at radius 2 is 2.00 bits per heavy atom. The van der Waals surface area contributed by atoms with E-state index in [1.807, 2.05) is 19.9 Å². The van der Waals surface area contributed by atoms with Gasteiger partial charge in [0.05, 0.1) is 0 Å². The van der Waals surface area contributed by atoms with Crippen molar-refractivity contribution in [1.82, 2.24) is 10.6 Å². The van der Waals surface area contributed by atoms with Crippen LogP contribution in [0.2, 0.25) is 0 Å². The van der Waals surface area contributed by atoms with Crippen LogP contribution in [0.4, 0.5) is 0 Å². The van der Waals surface area contributed by atoms with Crippen molar-refractivity contribution < 1.29 is 14.7 Å². The lowest BCUT2D eigenvalue weighted by atomic mass is 10.2. The first-order chi connectivity index (χ1) is 9.47. The van der Waals surface area contributed by atoms with Gasteiger partial charge in [-0.15, -0.1) is 0 Å². The Balaban J connectivity index is 3.87. The predicted octanol–water partition coefficient (Wildman–Crippen LogP) is 1.40. The summed E-state index contributed by atoms with van der Waals surface area (Å²) < 4.78 is 0. The maximum Gasteiger partial charge on any atom is 0.303 e. The van der Waals surface area contributed by atoms with Crippen LogP contribution in [0.15, 0.2) is 11.8 Å². The molecule has 0 spiro atoms. The monoisotopic (exact) mass is 281 g/mol. The number of nitriles is 1. The smallest absolute Gasteiger partial charge is 0.303 e. The van der Waals surface area contributed by atoms with E-state index in [9.17, 15) is 9.59 Å². The van der Waals surface area contributed by atoms with Crippen LogP contribution in [0, 0.1) is 17.2 Å². The number of hydrogen-bond donors (Lipinski definition) is 3. The van der Waals surface area contributed by atoms with Crippen LogP contribution in [-0.2, 0) is 9.59 Å². The Hall–Kier alpha value is -2.03. The zero-order valence-corrected chi connectivity index (χ0v) is 12.1. The number of unbranched alkanes of at least 4 members (excludes halogenated alkanes) is 2. The average molecular weight is 281 g/mol. The molecule has 0 saturated carbocycles. The van der Waals surface area contributed by atoms with Gasteiger partial charge in [-0.3, -0.25) is 9.59 Å². The fourth-order valence-corrected chi connectivity index (χ4v) is 1.39. The average Bonchev–Trinajstić information content (AvgIpc) is 2.39. The molecule has 1 amide bonds. The normalized spacial score (nSPS) is 11.0. The molecule has 0 aromatic rings. The summed E-state index contributed by atoms with van der Waals surface area (Å²) in [5.74, 6) is -0.827. The Morgan fingerprint density at radius 3 is 2.55 bits per heavy atom. The minimum Gasteiger partial charge on any atom is -0.481 e. The number of amides is 1. The van der Waals surface area contributed by atoms with Crippen molar-refractivity contribution in [2.45, 2.75) is 39.5 Å². The van der Waals surface area contributed by atoms with Gasteiger partial charge in [-0.25, -0.2) is 0 Å². The second-order valence-electron chi connectivity index (χ2n) is 4.93. The Labute approximate surface area is 119 Å². The van der Waals surface area contributed by atoms with Crippen molar-refractivity contribution in [3.63, 3.8) is 0 Å². The molecule has 20 heavy (non-hydrogen) atoms. The molecule has 0 unspecified atom stereocenters. The second kappa shape index (κ2) is 10.9. The molecule has 0 aliphatic heterocycles. The van der Waals surface area contributed by atoms with Gasteiger partial charge < -0.3 is 15.7 Å². The van der Waals surface area contributed by atoms with Crippen LogP contribution >= 0.6 is 0 Å². The molecular weight excluding hydrogens is 258 g/mol. The highest BCUT2D eigenvalue weighted by Gasteiger charge is 2.08. The van der Waals surface area contributed by atoms with Crippen molar-refractivity contribution in [3.05, 3.63) is 11.8 Å². The van der Waals surface area contributed by atoms with E-state index in [0.717, 1.165) is 12.8 Å². The van der Waals surface area contributed by atoms with Gasteiger partial charge in [0, 0.05) is 25.7 Å². The molecule has 0 aromatic carbocycles. The van der Waals surface area contributed by atoms with Crippen LogP contribution in [0.1, 0.15) is 39.5 Å². The molecule has 0 bridgehead atoms. The maximum atomic E-state index is 11.6. The minimum absolute atomic E-state index is 0.0520. The SMILES string of the molecule is CC(C)CNC(=O)/C(C#N)=C\NCCCCCC(=O)O. The summed E-state index contributed by atoms with van der Waals surface area (Å²) in [6, 6.07) is 1.85. The summed E-state index contributed by atoms with van der Waals surface area (Å²) in [7, 11) is 0. The third kappa shape index (κ3) is 9.95. The highest BCUT2D eigenvalue weighted by molar-refractivity contribution is 5.97. The Bertz CT molecular complexity index is 384. The number of aliphatic carboxylic acids is 1. The molecule has 0 fully saturated rings. The van der Waals surface area contributed by atoms with Crippen molar-refractivity contribution in [2.75, 3.05) is 13.1 Å². The minimum atomic E-state index is -0.786. The van der Waals surface area contributed by atoms with Crippen LogP contribution in [0.3, 0.4) is 0 Å². The number of nitrogens with zero attached hydrogens (tertiary/aromatic N) is 1. The summed E-state index contributed by atoms with van der Waals surface area (Å²) in [4.78, 5) is 21.9. The van der Waals surface area contributed by atoms with Crippen molar-refractivity contribution in [1.29, 1.82) is 5.26 Å². The first kappa shape index (κ1) is 18.0. The van der Waals surface area contributed by atoms with Crippen LogP contribution in [0.25, 0.3) is 0 Å². The number of nitrogens with one attached hydrogen (secondary N) is 2. The van der Waals surface area contributed by atoms with Gasteiger partial charge >= 0.3 is 5.97 Å². The van der Waals surface area contributed by atoms with Gasteiger partial charge in [-0.1, -0.05) is 20.3 Å². The standard InChI is InChI=1S/C14H23N3O3/c1-11(2)9-17-14(20)12(8-15)10-16-7-5-3-4-6-13(18)19/h10-11,16H,3-7,9H2,1-2H3,(H,17,20)(H,18,19)/b12-10-. The molecule has 6 nitrogen and oxygen atoms in total. The molecular formula is C14H23N3O3. The third-order valence-electron chi connectivity index (χ3n) is 2.49. The highest BCUT2D eigenvalue weighted by atomic mass is 16.4. The maximum absolute atomic E-state index is 11.6. The zero-order valence-electron chi connectivity index (χ0n) is 12.1. The Morgan fingerprint density at radius 1 is 1.30 bits per heavy atom. The van der Waals surface area contributed by atoms with Crippen LogP contribution in [0.5, 0.6) is 0 Å². The van der Waals surface area contributed by atoms with Gasteiger partial charge in [-0.2, -0.15) is 5.26 Å². The quantitative estimate of drug-likeness (QED) is 0.319. The lowest BCUT2D eigenvalue weighted by Crippen LogP contribution is -2.29. The van der Waals surface area contributed by atoms with Crippen LogP contribution in [-0.4, -0.2) is 30.1 Å². The van der Waals surface area contributed by atoms with E-state index in [4.69, 9.17) is 10.4 Å². The van der Waals surface area contributed by atoms with Gasteiger partial charge in [0.15, 0.2) is 0 Å². The molecule has 6 heteroatoms. The third-order valence-corrected chi connectivity index (χ3v) is 2.49. The molecule has 3 N–H and O–H groups in total. The summed E-state index contributed by atoms with van der Waals surface area (Å²) in [5, 5.41) is 22.9. The predicted molar refractivity (Wildman–Crippen MR) is 75.7 cm³/mol. The van der Waals surface area contributed by atoms with Gasteiger partial charge in [-0.05, 0) is 18.8 Å². The summed E-state index contributed by atoms with van der Waals surface area (Å²) >= 11 is 0. The van der Waals surface area contributed by atoms with Crippen molar-refractivity contribution in [2.24, 2.45) is 5.92 Å². The lowest BCUT2D eigenvalue weighted by Gasteiger charge is -2.07. The van der Waals surface area contributed by atoms with Gasteiger partial charge in [0.1, 0.15) is 11.6 Å². The molecule has 0 rings (SSSR count). The fraction of sp³-hybridized carbons (Fsp3) is 0.643. The zero-order chi connectivity index (χ0) is 15.4. The molecule has 112 valence electrons. The molecule has 0 saturated heterocycles. The molecule has 0 aliphatic rings. The highest BCUT2D eigenvalue weighted by Crippen LogP contribution is 1.99. The first-order valence-electron chi connectivity index (χ1n) is 6.81. The number of carbonyl (C=O) groups is 2. The van der Waals surface area contributed by atoms with E-state index < -0.39 is 5.97 Å². The molecule has 0 aromatic heterocycles. The molecule has 0 atom stereocenters. The molecule has 0 radical (unpaired) electrons. The van der Waals surface area contributed by atoms with E-state index in [2.05, 4.69) is 10.6 Å². The molecule has 0 heterocycles. The van der Waals surface area contributed by atoms with Gasteiger partial charge in [0.2, 0.25) is 0 Å². The molecule has 0 aliphatic carbocycles. The Kier molecular flexibility index (Phi) is 9.75. The van der Waals surface area contributed by atoms with E-state index in [0.29, 0.717) is 25.4 Å². The van der Waals surface area contributed by atoms with E-state index in [1.54, 1.807) is 0 Å². The van der Waals surface area contributed by atoms with E-state index >= 15 is 0 Å². The number of carboxylic acids is 1. The number of hydrogen-bond acceptors (Lipinski definition) is 4. The van der Waals surface area contributed by atoms with Gasteiger partial charge in [0.25, 0.3) is 5.91 Å². The first-order valence-corrected chi connectivity index (χ1v) is 6.81. The summed E-state index contributed by atoms with van der Waals surface area (Å²) in [6.07, 6.45) is 3.83. The lowest BCUT2D eigenvalue weighted by molar-refractivity contribution is -0.137. The topological polar surface area (TPSA) is 102 Å².